The van der Waals surface area contributed by atoms with Crippen LogP contribution in [0.1, 0.15) is 22.0 Å². The summed E-state index contributed by atoms with van der Waals surface area (Å²) in [6.07, 6.45) is 4.52. The Morgan fingerprint density at radius 2 is 1.96 bits per heavy atom. The Balaban J connectivity index is 1.78. The van der Waals surface area contributed by atoms with Crippen molar-refractivity contribution in [3.05, 3.63) is 70.8 Å². The molecule has 3 aromatic heterocycles. The van der Waals surface area contributed by atoms with Crippen LogP contribution < -0.4 is 5.73 Å². The maximum atomic E-state index is 6.43. The van der Waals surface area contributed by atoms with E-state index in [1.54, 1.807) is 11.3 Å². The molecule has 0 bridgehead atoms. The van der Waals surface area contributed by atoms with E-state index in [1.807, 2.05) is 37.5 Å². The Hall–Kier alpha value is -2.66. The number of nitrogens with zero attached hydrogens (tertiary/aromatic N) is 3. The zero-order valence-corrected chi connectivity index (χ0v) is 14.5. The van der Waals surface area contributed by atoms with Crippen molar-refractivity contribution >= 4 is 27.2 Å². The molecule has 0 spiro atoms. The summed E-state index contributed by atoms with van der Waals surface area (Å²) in [4.78, 5) is 11.3. The van der Waals surface area contributed by atoms with E-state index in [0.29, 0.717) is 6.42 Å². The van der Waals surface area contributed by atoms with Crippen LogP contribution in [0.15, 0.2) is 48.8 Å². The van der Waals surface area contributed by atoms with Gasteiger partial charge in [-0.3, -0.25) is 0 Å². The van der Waals surface area contributed by atoms with Gasteiger partial charge in [0.15, 0.2) is 0 Å². The van der Waals surface area contributed by atoms with Crippen LogP contribution >= 0.6 is 11.3 Å². The predicted molar refractivity (Wildman–Crippen MR) is 99.9 cm³/mol. The molecule has 0 radical (unpaired) electrons. The fourth-order valence-corrected chi connectivity index (χ4v) is 4.29. The number of aryl methyl sites for hydroxylation is 2. The zero-order chi connectivity index (χ0) is 16.7. The van der Waals surface area contributed by atoms with E-state index in [0.717, 1.165) is 38.0 Å². The summed E-state index contributed by atoms with van der Waals surface area (Å²) in [5, 5.41) is 1.08. The lowest BCUT2D eigenvalue weighted by Crippen LogP contribution is -2.01. The first kappa shape index (κ1) is 14.9. The molecule has 24 heavy (non-hydrogen) atoms. The molecule has 0 unspecified atom stereocenters. The number of thiophene rings is 1. The van der Waals surface area contributed by atoms with Crippen LogP contribution in [0.5, 0.6) is 0 Å². The third-order valence-corrected chi connectivity index (χ3v) is 5.27. The van der Waals surface area contributed by atoms with E-state index in [4.69, 9.17) is 5.73 Å². The molecule has 2 N–H and O–H groups in total. The molecule has 3 heterocycles. The van der Waals surface area contributed by atoms with Crippen LogP contribution in [0.3, 0.4) is 0 Å². The van der Waals surface area contributed by atoms with E-state index >= 15 is 0 Å². The molecule has 4 rings (SSSR count). The SMILES string of the molecule is Cc1cc(C)c2c(N)c(Cc3nccn3-c3ccccc3)sc2n1. The van der Waals surface area contributed by atoms with Gasteiger partial charge in [0.05, 0.1) is 5.69 Å². The number of imidazole rings is 1. The smallest absolute Gasteiger partial charge is 0.126 e. The van der Waals surface area contributed by atoms with Crippen molar-refractivity contribution in [2.24, 2.45) is 0 Å². The van der Waals surface area contributed by atoms with Crippen LogP contribution in [0.2, 0.25) is 0 Å². The van der Waals surface area contributed by atoms with Crippen LogP contribution in [0.4, 0.5) is 5.69 Å². The van der Waals surface area contributed by atoms with E-state index in [9.17, 15) is 0 Å². The van der Waals surface area contributed by atoms with Gasteiger partial charge in [0, 0.05) is 40.5 Å². The number of nitrogen functional groups attached to an aromatic ring is 1. The quantitative estimate of drug-likeness (QED) is 0.608. The molecule has 0 fully saturated rings. The molecule has 4 aromatic rings. The largest absolute Gasteiger partial charge is 0.397 e. The highest BCUT2D eigenvalue weighted by Crippen LogP contribution is 2.36. The summed E-state index contributed by atoms with van der Waals surface area (Å²) >= 11 is 1.66. The summed E-state index contributed by atoms with van der Waals surface area (Å²) in [6.45, 7) is 4.11. The minimum Gasteiger partial charge on any atom is -0.397 e. The van der Waals surface area contributed by atoms with Crippen molar-refractivity contribution in [3.8, 4) is 5.69 Å². The Kier molecular flexibility index (Phi) is 3.58. The molecule has 0 saturated heterocycles. The number of aromatic nitrogens is 3. The zero-order valence-electron chi connectivity index (χ0n) is 13.7. The highest BCUT2D eigenvalue weighted by Gasteiger charge is 2.16. The third-order valence-electron chi connectivity index (χ3n) is 4.17. The summed E-state index contributed by atoms with van der Waals surface area (Å²) in [6, 6.07) is 12.3. The van der Waals surface area contributed by atoms with Gasteiger partial charge in [-0.05, 0) is 37.6 Å². The molecule has 0 aliphatic heterocycles. The van der Waals surface area contributed by atoms with Crippen molar-refractivity contribution < 1.29 is 0 Å². The molecule has 0 aliphatic rings. The van der Waals surface area contributed by atoms with Crippen molar-refractivity contribution in [1.29, 1.82) is 0 Å². The van der Waals surface area contributed by atoms with Crippen molar-refractivity contribution in [2.45, 2.75) is 20.3 Å². The monoisotopic (exact) mass is 334 g/mol. The van der Waals surface area contributed by atoms with Gasteiger partial charge in [-0.15, -0.1) is 11.3 Å². The van der Waals surface area contributed by atoms with Crippen LogP contribution in [0.25, 0.3) is 15.9 Å². The molecule has 0 atom stereocenters. The molecule has 0 amide bonds. The fourth-order valence-electron chi connectivity index (χ4n) is 3.08. The Bertz CT molecular complexity index is 1010. The average molecular weight is 334 g/mol. The van der Waals surface area contributed by atoms with Crippen molar-refractivity contribution in [1.82, 2.24) is 14.5 Å². The number of benzene rings is 1. The number of nitrogens with two attached hydrogens (primary N) is 1. The lowest BCUT2D eigenvalue weighted by molar-refractivity contribution is 0.923. The second-order valence-electron chi connectivity index (χ2n) is 5.93. The summed E-state index contributed by atoms with van der Waals surface area (Å²) in [7, 11) is 0. The van der Waals surface area contributed by atoms with Crippen LogP contribution in [-0.4, -0.2) is 14.5 Å². The van der Waals surface area contributed by atoms with Gasteiger partial charge in [-0.1, -0.05) is 18.2 Å². The van der Waals surface area contributed by atoms with Gasteiger partial charge in [0.25, 0.3) is 0 Å². The minimum absolute atomic E-state index is 0.702. The maximum Gasteiger partial charge on any atom is 0.126 e. The first-order chi connectivity index (χ1) is 11.6. The lowest BCUT2D eigenvalue weighted by atomic mass is 10.1. The van der Waals surface area contributed by atoms with E-state index in [1.165, 1.54) is 5.56 Å². The second kappa shape index (κ2) is 5.76. The topological polar surface area (TPSA) is 56.7 Å². The third kappa shape index (κ3) is 2.47. The molecule has 0 saturated carbocycles. The van der Waals surface area contributed by atoms with E-state index in [-0.39, 0.29) is 0 Å². The molecule has 1 aromatic carbocycles. The number of hydrogen-bond acceptors (Lipinski definition) is 4. The normalized spacial score (nSPS) is 11.2. The molecule has 4 nitrogen and oxygen atoms in total. The number of fused-ring (bicyclic) bond motifs is 1. The van der Waals surface area contributed by atoms with Gasteiger partial charge >= 0.3 is 0 Å². The highest BCUT2D eigenvalue weighted by atomic mass is 32.1. The number of rotatable bonds is 3. The minimum atomic E-state index is 0.702. The van der Waals surface area contributed by atoms with Crippen LogP contribution in [-0.2, 0) is 6.42 Å². The number of anilines is 1. The van der Waals surface area contributed by atoms with Gasteiger partial charge in [-0.2, -0.15) is 0 Å². The van der Waals surface area contributed by atoms with E-state index < -0.39 is 0 Å². The standard InChI is InChI=1S/C19H18N4S/c1-12-10-13(2)22-19-17(12)18(20)15(24-19)11-16-21-8-9-23(16)14-6-4-3-5-7-14/h3-10H,11,20H2,1-2H3. The Labute approximate surface area is 144 Å². The lowest BCUT2D eigenvalue weighted by Gasteiger charge is -2.07. The first-order valence-corrected chi connectivity index (χ1v) is 8.68. The molecule has 0 aliphatic carbocycles. The van der Waals surface area contributed by atoms with Gasteiger partial charge in [-0.25, -0.2) is 9.97 Å². The summed E-state index contributed by atoms with van der Waals surface area (Å²) in [5.74, 6) is 0.980. The molecular formula is C19H18N4S. The fraction of sp³-hybridized carbons (Fsp3) is 0.158. The van der Waals surface area contributed by atoms with Gasteiger partial charge < -0.3 is 10.3 Å². The number of hydrogen-bond donors (Lipinski definition) is 1. The Morgan fingerprint density at radius 3 is 2.75 bits per heavy atom. The van der Waals surface area contributed by atoms with Gasteiger partial charge in [0.1, 0.15) is 10.7 Å². The molecule has 120 valence electrons. The number of pyridine rings is 1. The van der Waals surface area contributed by atoms with Crippen LogP contribution in [0, 0.1) is 13.8 Å². The highest BCUT2D eigenvalue weighted by molar-refractivity contribution is 7.19. The summed E-state index contributed by atoms with van der Waals surface area (Å²) < 4.78 is 2.11. The number of para-hydroxylation sites is 1. The summed E-state index contributed by atoms with van der Waals surface area (Å²) in [5.41, 5.74) is 10.6. The predicted octanol–water partition coefficient (Wildman–Crippen LogP) is 4.27. The van der Waals surface area contributed by atoms with Crippen molar-refractivity contribution in [2.75, 3.05) is 5.73 Å². The van der Waals surface area contributed by atoms with E-state index in [2.05, 4.69) is 39.7 Å². The molecule has 5 heteroatoms. The second-order valence-corrected chi connectivity index (χ2v) is 7.01. The van der Waals surface area contributed by atoms with Gasteiger partial charge in [0.2, 0.25) is 0 Å². The first-order valence-electron chi connectivity index (χ1n) is 7.86. The Morgan fingerprint density at radius 1 is 1.17 bits per heavy atom. The maximum absolute atomic E-state index is 6.43. The molecular weight excluding hydrogens is 316 g/mol. The average Bonchev–Trinajstić information content (AvgIpc) is 3.14. The van der Waals surface area contributed by atoms with Crippen molar-refractivity contribution in [3.63, 3.8) is 0 Å².